The lowest BCUT2D eigenvalue weighted by molar-refractivity contribution is 0.536. The molecule has 0 radical (unpaired) electrons. The summed E-state index contributed by atoms with van der Waals surface area (Å²) in [5, 5.41) is 3.27. The molecule has 2 atom stereocenters. The normalized spacial score (nSPS) is 25.5. The average Bonchev–Trinajstić information content (AvgIpc) is 2.62. The van der Waals surface area contributed by atoms with Gasteiger partial charge in [0.15, 0.2) is 0 Å². The lowest BCUT2D eigenvalue weighted by Crippen LogP contribution is -2.11. The lowest BCUT2D eigenvalue weighted by atomic mass is 10.1. The molecule has 1 aliphatic rings. The van der Waals surface area contributed by atoms with E-state index in [0.717, 1.165) is 24.1 Å². The number of anilines is 1. The first-order valence-corrected chi connectivity index (χ1v) is 5.59. The summed E-state index contributed by atoms with van der Waals surface area (Å²) in [5.41, 5.74) is 0.835. The minimum atomic E-state index is -0.417. The highest BCUT2D eigenvalue weighted by molar-refractivity contribution is 5.41. The molecule has 0 bridgehead atoms. The Kier molecular flexibility index (Phi) is 3.19. The smallest absolute Gasteiger partial charge is 0.214 e. The third-order valence-corrected chi connectivity index (χ3v) is 3.12. The van der Waals surface area contributed by atoms with Crippen LogP contribution in [0.1, 0.15) is 26.2 Å². The van der Waals surface area contributed by atoms with E-state index in [9.17, 15) is 4.39 Å². The van der Waals surface area contributed by atoms with Crippen LogP contribution in [0.5, 0.6) is 0 Å². The van der Waals surface area contributed by atoms with Gasteiger partial charge in [0.2, 0.25) is 5.95 Å². The highest BCUT2D eigenvalue weighted by atomic mass is 19.1. The van der Waals surface area contributed by atoms with Crippen LogP contribution in [-0.2, 0) is 0 Å². The topological polar surface area (TPSA) is 24.9 Å². The van der Waals surface area contributed by atoms with E-state index in [4.69, 9.17) is 0 Å². The standard InChI is InChI=1S/C12H17FN2/c1-9-2-3-10(6-9)8-15-11-4-5-14-12(13)7-11/h4-5,7,9-10H,2-3,6,8H2,1H3,(H,14,15). The third kappa shape index (κ3) is 2.91. The molecule has 1 saturated carbocycles. The first-order valence-electron chi connectivity index (χ1n) is 5.59. The minimum absolute atomic E-state index is 0.417. The summed E-state index contributed by atoms with van der Waals surface area (Å²) in [4.78, 5) is 3.52. The second-order valence-electron chi connectivity index (χ2n) is 4.53. The Morgan fingerprint density at radius 3 is 3.07 bits per heavy atom. The number of nitrogens with zero attached hydrogens (tertiary/aromatic N) is 1. The van der Waals surface area contributed by atoms with Gasteiger partial charge in [-0.15, -0.1) is 0 Å². The zero-order chi connectivity index (χ0) is 10.7. The Hall–Kier alpha value is -1.12. The number of nitrogens with one attached hydrogen (secondary N) is 1. The summed E-state index contributed by atoms with van der Waals surface area (Å²) in [5.74, 6) is 1.18. The number of halogens is 1. The van der Waals surface area contributed by atoms with Gasteiger partial charge in [-0.1, -0.05) is 13.3 Å². The molecule has 1 fully saturated rings. The van der Waals surface area contributed by atoms with E-state index >= 15 is 0 Å². The van der Waals surface area contributed by atoms with Crippen LogP contribution in [0.2, 0.25) is 0 Å². The van der Waals surface area contributed by atoms with Gasteiger partial charge in [0, 0.05) is 24.5 Å². The maximum atomic E-state index is 12.8. The molecular weight excluding hydrogens is 191 g/mol. The lowest BCUT2D eigenvalue weighted by Gasteiger charge is -2.11. The summed E-state index contributed by atoms with van der Waals surface area (Å²) in [7, 11) is 0. The fourth-order valence-electron chi connectivity index (χ4n) is 2.28. The van der Waals surface area contributed by atoms with Gasteiger partial charge in [0.05, 0.1) is 0 Å². The van der Waals surface area contributed by atoms with Crippen molar-refractivity contribution in [1.29, 1.82) is 0 Å². The summed E-state index contributed by atoms with van der Waals surface area (Å²) in [6.07, 6.45) is 5.41. The molecule has 0 aromatic carbocycles. The molecule has 1 aromatic heterocycles. The van der Waals surface area contributed by atoms with Gasteiger partial charge in [0.1, 0.15) is 0 Å². The van der Waals surface area contributed by atoms with Crippen molar-refractivity contribution in [3.05, 3.63) is 24.3 Å². The quantitative estimate of drug-likeness (QED) is 0.772. The van der Waals surface area contributed by atoms with Crippen LogP contribution in [0.3, 0.4) is 0 Å². The van der Waals surface area contributed by atoms with Crippen molar-refractivity contribution in [2.75, 3.05) is 11.9 Å². The van der Waals surface area contributed by atoms with Crippen molar-refractivity contribution in [1.82, 2.24) is 4.98 Å². The van der Waals surface area contributed by atoms with Crippen LogP contribution >= 0.6 is 0 Å². The first kappa shape index (κ1) is 10.4. The third-order valence-electron chi connectivity index (χ3n) is 3.12. The van der Waals surface area contributed by atoms with Crippen LogP contribution in [-0.4, -0.2) is 11.5 Å². The van der Waals surface area contributed by atoms with E-state index in [1.165, 1.54) is 31.5 Å². The van der Waals surface area contributed by atoms with Crippen molar-refractivity contribution in [2.45, 2.75) is 26.2 Å². The van der Waals surface area contributed by atoms with Crippen molar-refractivity contribution in [3.8, 4) is 0 Å². The van der Waals surface area contributed by atoms with Crippen LogP contribution in [0.4, 0.5) is 10.1 Å². The largest absolute Gasteiger partial charge is 0.385 e. The predicted molar refractivity (Wildman–Crippen MR) is 59.2 cm³/mol. The molecule has 82 valence electrons. The van der Waals surface area contributed by atoms with Crippen LogP contribution in [0.15, 0.2) is 18.3 Å². The van der Waals surface area contributed by atoms with E-state index in [-0.39, 0.29) is 0 Å². The molecule has 2 nitrogen and oxygen atoms in total. The van der Waals surface area contributed by atoms with E-state index in [0.29, 0.717) is 0 Å². The first-order chi connectivity index (χ1) is 7.24. The summed E-state index contributed by atoms with van der Waals surface area (Å²) >= 11 is 0. The molecule has 1 heterocycles. The highest BCUT2D eigenvalue weighted by Crippen LogP contribution is 2.30. The molecule has 2 unspecified atom stereocenters. The molecule has 3 heteroatoms. The molecule has 1 aromatic rings. The average molecular weight is 208 g/mol. The SMILES string of the molecule is CC1CCC(CNc2ccnc(F)c2)C1. The van der Waals surface area contributed by atoms with E-state index < -0.39 is 5.95 Å². The molecular formula is C12H17FN2. The van der Waals surface area contributed by atoms with E-state index in [1.54, 1.807) is 0 Å². The Balaban J connectivity index is 1.83. The van der Waals surface area contributed by atoms with Gasteiger partial charge in [-0.25, -0.2) is 4.98 Å². The maximum Gasteiger partial charge on any atom is 0.214 e. The van der Waals surface area contributed by atoms with Gasteiger partial charge >= 0.3 is 0 Å². The van der Waals surface area contributed by atoms with E-state index in [1.807, 2.05) is 6.07 Å². The van der Waals surface area contributed by atoms with Crippen molar-refractivity contribution < 1.29 is 4.39 Å². The molecule has 0 spiro atoms. The molecule has 0 aliphatic heterocycles. The predicted octanol–water partition coefficient (Wildman–Crippen LogP) is 3.07. The second kappa shape index (κ2) is 4.60. The maximum absolute atomic E-state index is 12.8. The Bertz CT molecular complexity index is 327. The van der Waals surface area contributed by atoms with Crippen molar-refractivity contribution >= 4 is 5.69 Å². The molecule has 1 aliphatic carbocycles. The molecule has 2 rings (SSSR count). The summed E-state index contributed by atoms with van der Waals surface area (Å²) in [6, 6.07) is 3.25. The van der Waals surface area contributed by atoms with Crippen molar-refractivity contribution in [2.24, 2.45) is 11.8 Å². The Morgan fingerprint density at radius 1 is 1.53 bits per heavy atom. The minimum Gasteiger partial charge on any atom is -0.385 e. The fourth-order valence-corrected chi connectivity index (χ4v) is 2.28. The van der Waals surface area contributed by atoms with E-state index in [2.05, 4.69) is 17.2 Å². The zero-order valence-electron chi connectivity index (χ0n) is 9.04. The number of rotatable bonds is 3. The number of hydrogen-bond donors (Lipinski definition) is 1. The van der Waals surface area contributed by atoms with Crippen LogP contribution in [0.25, 0.3) is 0 Å². The molecule has 15 heavy (non-hydrogen) atoms. The van der Waals surface area contributed by atoms with Crippen LogP contribution in [0, 0.1) is 17.8 Å². The number of pyridine rings is 1. The van der Waals surface area contributed by atoms with Crippen LogP contribution < -0.4 is 5.32 Å². The Labute approximate surface area is 89.9 Å². The fraction of sp³-hybridized carbons (Fsp3) is 0.583. The number of aromatic nitrogens is 1. The highest BCUT2D eigenvalue weighted by Gasteiger charge is 2.20. The zero-order valence-corrected chi connectivity index (χ0v) is 9.04. The Morgan fingerprint density at radius 2 is 2.40 bits per heavy atom. The van der Waals surface area contributed by atoms with Gasteiger partial charge in [0.25, 0.3) is 0 Å². The van der Waals surface area contributed by atoms with Crippen molar-refractivity contribution in [3.63, 3.8) is 0 Å². The molecule has 1 N–H and O–H groups in total. The van der Waals surface area contributed by atoms with Gasteiger partial charge in [-0.2, -0.15) is 4.39 Å². The van der Waals surface area contributed by atoms with Gasteiger partial charge in [-0.05, 0) is 30.7 Å². The molecule has 0 amide bonds. The van der Waals surface area contributed by atoms with Gasteiger partial charge in [-0.3, -0.25) is 0 Å². The van der Waals surface area contributed by atoms with Gasteiger partial charge < -0.3 is 5.32 Å². The number of hydrogen-bond acceptors (Lipinski definition) is 2. The summed E-state index contributed by atoms with van der Waals surface area (Å²) in [6.45, 7) is 3.25. The second-order valence-corrected chi connectivity index (χ2v) is 4.53. The molecule has 0 saturated heterocycles. The summed E-state index contributed by atoms with van der Waals surface area (Å²) < 4.78 is 12.8. The monoisotopic (exact) mass is 208 g/mol.